The Hall–Kier alpha value is 0.580. The molecule has 12 heteroatoms. The fourth-order valence-electron chi connectivity index (χ4n) is 1.79. The van der Waals surface area contributed by atoms with Crippen LogP contribution in [-0.2, 0) is 28.2 Å². The van der Waals surface area contributed by atoms with Crippen molar-refractivity contribution < 1.29 is 36.5 Å². The second kappa shape index (κ2) is 5.99. The van der Waals surface area contributed by atoms with Gasteiger partial charge in [-0.05, 0) is 0 Å². The minimum atomic E-state index is -4.56. The maximum Gasteiger partial charge on any atom is 0.400 e. The molecule has 0 saturated carbocycles. The van der Waals surface area contributed by atoms with Crippen molar-refractivity contribution in [3.05, 3.63) is 0 Å². The van der Waals surface area contributed by atoms with Crippen LogP contribution in [0.15, 0.2) is 0 Å². The van der Waals surface area contributed by atoms with Crippen LogP contribution in [0, 0.1) is 0 Å². The van der Waals surface area contributed by atoms with Crippen LogP contribution in [0.2, 0.25) is 0 Å². The molecular weight excluding hydrogens is 363 g/mol. The van der Waals surface area contributed by atoms with Crippen molar-refractivity contribution in [2.24, 2.45) is 0 Å². The molecule has 0 amide bonds. The Morgan fingerprint density at radius 1 is 1.25 bits per heavy atom. The van der Waals surface area contributed by atoms with Crippen molar-refractivity contribution in [3.63, 3.8) is 0 Å². The monoisotopic (exact) mass is 372 g/mol. The zero-order chi connectivity index (χ0) is 15.1. The van der Waals surface area contributed by atoms with Gasteiger partial charge in [-0.2, -0.15) is 8.42 Å². The van der Waals surface area contributed by atoms with Crippen molar-refractivity contribution in [1.29, 1.82) is 0 Å². The van der Waals surface area contributed by atoms with Crippen molar-refractivity contribution in [2.75, 3.05) is 13.2 Å². The van der Waals surface area contributed by atoms with Gasteiger partial charge < -0.3 is 19.7 Å². The molecule has 2 saturated heterocycles. The third kappa shape index (κ3) is 4.07. The van der Waals surface area contributed by atoms with Crippen LogP contribution in [0.1, 0.15) is 0 Å². The van der Waals surface area contributed by atoms with Crippen molar-refractivity contribution in [1.82, 2.24) is 0 Å². The predicted molar refractivity (Wildman–Crippen MR) is 66.7 cm³/mol. The average molecular weight is 374 g/mol. The minimum absolute atomic E-state index is 0.0383. The predicted octanol–water partition coefficient (Wildman–Crippen LogP) is -0.520. The summed E-state index contributed by atoms with van der Waals surface area (Å²) >= 11 is 16.0. The zero-order valence-electron chi connectivity index (χ0n) is 9.69. The number of aliphatic hydroxyl groups excluding tert-OH is 2. The lowest BCUT2D eigenvalue weighted by atomic mass is 10.0. The summed E-state index contributed by atoms with van der Waals surface area (Å²) in [5.74, 6) is 0. The van der Waals surface area contributed by atoms with Crippen molar-refractivity contribution >= 4 is 45.2 Å². The van der Waals surface area contributed by atoms with Gasteiger partial charge in [0, 0.05) is 0 Å². The van der Waals surface area contributed by atoms with Crippen LogP contribution < -0.4 is 0 Å². The molecule has 0 aliphatic carbocycles. The van der Waals surface area contributed by atoms with E-state index < -0.39 is 51.5 Å². The van der Waals surface area contributed by atoms with Gasteiger partial charge in [-0.15, -0.1) is 0 Å². The van der Waals surface area contributed by atoms with Gasteiger partial charge in [0.25, 0.3) is 0 Å². The number of alkyl halides is 3. The average Bonchev–Trinajstić information content (AvgIpc) is 2.76. The highest BCUT2D eigenvalue weighted by Gasteiger charge is 2.52. The summed E-state index contributed by atoms with van der Waals surface area (Å²) < 4.78 is 40.3. The van der Waals surface area contributed by atoms with E-state index in [1.165, 1.54) is 0 Å². The molecule has 5 atom stereocenters. The summed E-state index contributed by atoms with van der Waals surface area (Å²) in [5, 5.41) is 19.4. The maximum absolute atomic E-state index is 11.6. The molecule has 0 spiro atoms. The molecule has 2 N–H and O–H groups in total. The molecule has 2 fully saturated rings. The van der Waals surface area contributed by atoms with Gasteiger partial charge in [0.1, 0.15) is 31.0 Å². The van der Waals surface area contributed by atoms with E-state index in [0.29, 0.717) is 0 Å². The quantitative estimate of drug-likeness (QED) is 0.633. The van der Waals surface area contributed by atoms with Crippen LogP contribution in [-0.4, -0.2) is 66.3 Å². The highest BCUT2D eigenvalue weighted by atomic mass is 35.6. The Kier molecular flexibility index (Phi) is 5.08. The van der Waals surface area contributed by atoms with Gasteiger partial charge in [0.2, 0.25) is 3.79 Å². The molecule has 2 aliphatic heterocycles. The number of hydrogen-bond acceptors (Lipinski definition) is 8. The van der Waals surface area contributed by atoms with Gasteiger partial charge >= 0.3 is 10.4 Å². The van der Waals surface area contributed by atoms with Crippen LogP contribution in [0.25, 0.3) is 0 Å². The first-order valence-corrected chi connectivity index (χ1v) is 7.83. The first kappa shape index (κ1) is 16.9. The molecule has 0 radical (unpaired) electrons. The fraction of sp³-hybridized carbons (Fsp3) is 1.00. The minimum Gasteiger partial charge on any atom is -0.387 e. The summed E-state index contributed by atoms with van der Waals surface area (Å²) in [6.45, 7) is -0.806. The van der Waals surface area contributed by atoms with E-state index in [1.807, 2.05) is 0 Å². The molecule has 0 aromatic carbocycles. The number of halogens is 3. The molecule has 2 rings (SSSR count). The van der Waals surface area contributed by atoms with Crippen LogP contribution in [0.4, 0.5) is 0 Å². The summed E-state index contributed by atoms with van der Waals surface area (Å²) in [6.07, 6.45) is -6.22. The summed E-state index contributed by atoms with van der Waals surface area (Å²) in [5.41, 5.74) is 0. The van der Waals surface area contributed by atoms with E-state index in [-0.39, 0.29) is 6.61 Å². The van der Waals surface area contributed by atoms with Gasteiger partial charge in [-0.25, -0.2) is 8.37 Å². The van der Waals surface area contributed by atoms with Gasteiger partial charge in [0.05, 0.1) is 6.61 Å². The standard InChI is InChI=1S/C8H11Cl3O8S/c9-8(10,11)2-17-20(14,15)19-6-3-1-16-7(18-3)5(13)4(6)12/h3-7,12-13H,1-2H2/t3-,4-,5-,6-,7-/m1/s1. The van der Waals surface area contributed by atoms with E-state index in [4.69, 9.17) is 44.3 Å². The topological polar surface area (TPSA) is 112 Å². The first-order chi connectivity index (χ1) is 9.09. The third-order valence-electron chi connectivity index (χ3n) is 2.66. The lowest BCUT2D eigenvalue weighted by Crippen LogP contribution is -2.55. The van der Waals surface area contributed by atoms with Gasteiger partial charge in [0.15, 0.2) is 6.29 Å². The summed E-state index contributed by atoms with van der Waals surface area (Å²) in [7, 11) is -4.56. The first-order valence-electron chi connectivity index (χ1n) is 5.37. The molecule has 0 aromatic heterocycles. The Labute approximate surface area is 129 Å². The molecule has 0 aromatic rings. The highest BCUT2D eigenvalue weighted by Crippen LogP contribution is 2.32. The second-order valence-electron chi connectivity index (χ2n) is 4.20. The van der Waals surface area contributed by atoms with Crippen LogP contribution in [0.5, 0.6) is 0 Å². The van der Waals surface area contributed by atoms with E-state index in [9.17, 15) is 18.6 Å². The lowest BCUT2D eigenvalue weighted by Gasteiger charge is -2.34. The molecule has 20 heavy (non-hydrogen) atoms. The van der Waals surface area contributed by atoms with E-state index in [2.05, 4.69) is 8.37 Å². The molecule has 0 unspecified atom stereocenters. The molecule has 2 bridgehead atoms. The Bertz CT molecular complexity index is 451. The molecule has 8 nitrogen and oxygen atoms in total. The SMILES string of the molecule is O=S(=O)(OCC(Cl)(Cl)Cl)O[C@H]1[C@H](O)[C@@H](O)[C@@H]2OC[C@H]1O2. The fourth-order valence-corrected chi connectivity index (χ4v) is 3.03. The van der Waals surface area contributed by atoms with Crippen molar-refractivity contribution in [3.8, 4) is 0 Å². The third-order valence-corrected chi connectivity index (χ3v) is 3.85. The molecular formula is C8H11Cl3O8S. The number of rotatable bonds is 4. The number of hydrogen-bond donors (Lipinski definition) is 2. The summed E-state index contributed by atoms with van der Waals surface area (Å²) in [6, 6.07) is 0. The van der Waals surface area contributed by atoms with E-state index >= 15 is 0 Å². The molecule has 2 aliphatic rings. The smallest absolute Gasteiger partial charge is 0.387 e. The van der Waals surface area contributed by atoms with E-state index in [1.54, 1.807) is 0 Å². The van der Waals surface area contributed by atoms with Crippen molar-refractivity contribution in [2.45, 2.75) is 34.5 Å². The van der Waals surface area contributed by atoms with Crippen LogP contribution >= 0.6 is 34.8 Å². The largest absolute Gasteiger partial charge is 0.400 e. The molecule has 118 valence electrons. The second-order valence-corrected chi connectivity index (χ2v) is 7.96. The Morgan fingerprint density at radius 3 is 2.50 bits per heavy atom. The lowest BCUT2D eigenvalue weighted by molar-refractivity contribution is -0.223. The van der Waals surface area contributed by atoms with Crippen LogP contribution in [0.3, 0.4) is 0 Å². The van der Waals surface area contributed by atoms with Gasteiger partial charge in [-0.3, -0.25) is 0 Å². The Balaban J connectivity index is 2.01. The van der Waals surface area contributed by atoms with E-state index in [0.717, 1.165) is 0 Å². The number of ether oxygens (including phenoxy) is 2. The maximum atomic E-state index is 11.6. The molecule has 2 heterocycles. The number of aliphatic hydroxyl groups is 2. The highest BCUT2D eigenvalue weighted by molar-refractivity contribution is 7.81. The Morgan fingerprint density at radius 2 is 1.90 bits per heavy atom. The number of fused-ring (bicyclic) bond motifs is 2. The zero-order valence-corrected chi connectivity index (χ0v) is 12.8. The summed E-state index contributed by atoms with van der Waals surface area (Å²) in [4.78, 5) is 0. The van der Waals surface area contributed by atoms with Gasteiger partial charge in [-0.1, -0.05) is 34.8 Å². The normalized spacial score (nSPS) is 38.1.